The minimum atomic E-state index is -0.375. The first-order valence-corrected chi connectivity index (χ1v) is 11.2. The van der Waals surface area contributed by atoms with Crippen LogP contribution in [0.4, 0.5) is 10.8 Å². The van der Waals surface area contributed by atoms with Crippen LogP contribution in [-0.4, -0.2) is 23.3 Å². The standard InChI is InChI=1S/C24H25N3O2S/c1-3-16-5-9-18(10-6-16)21-15-30-24(25-21)26-23(29)19-13-22(28)27(14-19)20-11-7-17(4-2)8-12-20/h5-12,15,19H,3-4,13-14H2,1-2H3,(H,25,26,29)/t19-/m1/s1. The molecule has 2 amide bonds. The number of carbonyl (C=O) groups is 2. The van der Waals surface area contributed by atoms with Crippen LogP contribution in [0, 0.1) is 5.92 Å². The van der Waals surface area contributed by atoms with Gasteiger partial charge in [-0.3, -0.25) is 9.59 Å². The van der Waals surface area contributed by atoms with Crippen molar-refractivity contribution in [3.63, 3.8) is 0 Å². The quantitative estimate of drug-likeness (QED) is 0.616. The highest BCUT2D eigenvalue weighted by atomic mass is 32.1. The van der Waals surface area contributed by atoms with Crippen LogP contribution >= 0.6 is 11.3 Å². The van der Waals surface area contributed by atoms with Gasteiger partial charge in [-0.05, 0) is 36.1 Å². The summed E-state index contributed by atoms with van der Waals surface area (Å²) in [6.07, 6.45) is 2.18. The molecule has 6 heteroatoms. The highest BCUT2D eigenvalue weighted by molar-refractivity contribution is 7.14. The van der Waals surface area contributed by atoms with Crippen LogP contribution < -0.4 is 10.2 Å². The summed E-state index contributed by atoms with van der Waals surface area (Å²) in [6.45, 7) is 4.62. The number of aromatic nitrogens is 1. The Labute approximate surface area is 180 Å². The molecule has 0 bridgehead atoms. The SMILES string of the molecule is CCc1ccc(-c2csc(NC(=O)[C@@H]3CC(=O)N(c4ccc(CC)cc4)C3)n2)cc1. The molecule has 0 aliphatic carbocycles. The Kier molecular flexibility index (Phi) is 5.95. The van der Waals surface area contributed by atoms with Gasteiger partial charge in [0.2, 0.25) is 11.8 Å². The number of amides is 2. The van der Waals surface area contributed by atoms with E-state index in [4.69, 9.17) is 0 Å². The third kappa shape index (κ3) is 4.28. The third-order valence-electron chi connectivity index (χ3n) is 5.54. The monoisotopic (exact) mass is 419 g/mol. The molecule has 1 aliphatic rings. The average molecular weight is 420 g/mol. The molecule has 0 radical (unpaired) electrons. The number of anilines is 2. The van der Waals surface area contributed by atoms with Crippen LogP contribution in [0.3, 0.4) is 0 Å². The number of aryl methyl sites for hydroxylation is 2. The molecule has 0 spiro atoms. The molecule has 1 aliphatic heterocycles. The van der Waals surface area contributed by atoms with Crippen molar-refractivity contribution in [3.8, 4) is 11.3 Å². The van der Waals surface area contributed by atoms with Crippen molar-refractivity contribution in [1.82, 2.24) is 4.98 Å². The normalized spacial score (nSPS) is 16.1. The Morgan fingerprint density at radius 1 is 1.07 bits per heavy atom. The lowest BCUT2D eigenvalue weighted by Gasteiger charge is -2.17. The number of benzene rings is 2. The first-order chi connectivity index (χ1) is 14.6. The van der Waals surface area contributed by atoms with Crippen LogP contribution in [0.1, 0.15) is 31.4 Å². The van der Waals surface area contributed by atoms with Gasteiger partial charge in [0.1, 0.15) is 0 Å². The van der Waals surface area contributed by atoms with E-state index in [0.717, 1.165) is 29.8 Å². The molecule has 0 unspecified atom stereocenters. The lowest BCUT2D eigenvalue weighted by atomic mass is 10.1. The van der Waals surface area contributed by atoms with Crippen molar-refractivity contribution < 1.29 is 9.59 Å². The summed E-state index contributed by atoms with van der Waals surface area (Å²) in [5.74, 6) is -0.548. The Morgan fingerprint density at radius 2 is 1.70 bits per heavy atom. The van der Waals surface area contributed by atoms with E-state index in [1.165, 1.54) is 22.5 Å². The van der Waals surface area contributed by atoms with E-state index < -0.39 is 0 Å². The second-order valence-corrected chi connectivity index (χ2v) is 8.36. The van der Waals surface area contributed by atoms with E-state index in [1.54, 1.807) is 4.90 Å². The van der Waals surface area contributed by atoms with Gasteiger partial charge in [-0.15, -0.1) is 11.3 Å². The second kappa shape index (κ2) is 8.79. The van der Waals surface area contributed by atoms with Crippen LogP contribution in [0.15, 0.2) is 53.9 Å². The molecule has 2 heterocycles. The first-order valence-electron chi connectivity index (χ1n) is 10.3. The Bertz CT molecular complexity index is 1040. The number of hydrogen-bond donors (Lipinski definition) is 1. The number of nitrogens with zero attached hydrogens (tertiary/aromatic N) is 2. The van der Waals surface area contributed by atoms with Crippen molar-refractivity contribution in [2.75, 3.05) is 16.8 Å². The topological polar surface area (TPSA) is 62.3 Å². The second-order valence-electron chi connectivity index (χ2n) is 7.50. The van der Waals surface area contributed by atoms with Gasteiger partial charge in [0, 0.05) is 29.6 Å². The fourth-order valence-electron chi connectivity index (χ4n) is 3.63. The molecular formula is C24H25N3O2S. The van der Waals surface area contributed by atoms with E-state index in [1.807, 2.05) is 29.6 Å². The zero-order chi connectivity index (χ0) is 21.1. The molecule has 1 atom stereocenters. The minimum absolute atomic E-state index is 0.0183. The predicted molar refractivity (Wildman–Crippen MR) is 122 cm³/mol. The van der Waals surface area contributed by atoms with Gasteiger partial charge in [-0.1, -0.05) is 50.2 Å². The minimum Gasteiger partial charge on any atom is -0.312 e. The molecule has 2 aromatic carbocycles. The maximum absolute atomic E-state index is 12.7. The molecular weight excluding hydrogens is 394 g/mol. The zero-order valence-corrected chi connectivity index (χ0v) is 18.0. The van der Waals surface area contributed by atoms with Crippen LogP contribution in [0.25, 0.3) is 11.3 Å². The number of thiazole rings is 1. The Morgan fingerprint density at radius 3 is 2.33 bits per heavy atom. The summed E-state index contributed by atoms with van der Waals surface area (Å²) < 4.78 is 0. The van der Waals surface area contributed by atoms with Crippen molar-refractivity contribution in [3.05, 3.63) is 65.0 Å². The average Bonchev–Trinajstić information content (AvgIpc) is 3.40. The predicted octanol–water partition coefficient (Wildman–Crippen LogP) is 4.93. The lowest BCUT2D eigenvalue weighted by molar-refractivity contribution is -0.122. The van der Waals surface area contributed by atoms with Gasteiger partial charge in [0.05, 0.1) is 11.6 Å². The fraction of sp³-hybridized carbons (Fsp3) is 0.292. The van der Waals surface area contributed by atoms with Gasteiger partial charge in [0.15, 0.2) is 5.13 Å². The van der Waals surface area contributed by atoms with Crippen LogP contribution in [0.5, 0.6) is 0 Å². The zero-order valence-electron chi connectivity index (χ0n) is 17.2. The summed E-state index contributed by atoms with van der Waals surface area (Å²) in [7, 11) is 0. The molecule has 1 fully saturated rings. The smallest absolute Gasteiger partial charge is 0.231 e. The maximum atomic E-state index is 12.7. The molecule has 1 saturated heterocycles. The van der Waals surface area contributed by atoms with Gasteiger partial charge in [-0.25, -0.2) is 4.98 Å². The highest BCUT2D eigenvalue weighted by Gasteiger charge is 2.35. The van der Waals surface area contributed by atoms with Crippen molar-refractivity contribution in [2.24, 2.45) is 5.92 Å². The van der Waals surface area contributed by atoms with E-state index in [-0.39, 0.29) is 24.2 Å². The summed E-state index contributed by atoms with van der Waals surface area (Å²) in [6, 6.07) is 16.3. The molecule has 1 aromatic heterocycles. The lowest BCUT2D eigenvalue weighted by Crippen LogP contribution is -2.28. The van der Waals surface area contributed by atoms with Gasteiger partial charge in [-0.2, -0.15) is 0 Å². The number of hydrogen-bond acceptors (Lipinski definition) is 4. The van der Waals surface area contributed by atoms with Crippen LogP contribution in [0.2, 0.25) is 0 Å². The van der Waals surface area contributed by atoms with E-state index in [9.17, 15) is 9.59 Å². The molecule has 154 valence electrons. The molecule has 1 N–H and O–H groups in total. The molecule has 5 nitrogen and oxygen atoms in total. The van der Waals surface area contributed by atoms with Gasteiger partial charge >= 0.3 is 0 Å². The van der Waals surface area contributed by atoms with Gasteiger partial charge < -0.3 is 10.2 Å². The van der Waals surface area contributed by atoms with E-state index in [2.05, 4.69) is 48.4 Å². The Balaban J connectivity index is 1.40. The largest absolute Gasteiger partial charge is 0.312 e. The molecule has 0 saturated carbocycles. The molecule has 3 aromatic rings. The Hall–Kier alpha value is -2.99. The van der Waals surface area contributed by atoms with Crippen LogP contribution in [-0.2, 0) is 22.4 Å². The molecule has 4 rings (SSSR count). The van der Waals surface area contributed by atoms with Crippen molar-refractivity contribution in [1.29, 1.82) is 0 Å². The molecule has 30 heavy (non-hydrogen) atoms. The van der Waals surface area contributed by atoms with Crippen molar-refractivity contribution >= 4 is 34.0 Å². The summed E-state index contributed by atoms with van der Waals surface area (Å²) >= 11 is 1.40. The van der Waals surface area contributed by atoms with Crippen molar-refractivity contribution in [2.45, 2.75) is 33.1 Å². The number of carbonyl (C=O) groups excluding carboxylic acids is 2. The highest BCUT2D eigenvalue weighted by Crippen LogP contribution is 2.29. The van der Waals surface area contributed by atoms with E-state index >= 15 is 0 Å². The number of rotatable bonds is 6. The fourth-order valence-corrected chi connectivity index (χ4v) is 4.35. The third-order valence-corrected chi connectivity index (χ3v) is 6.30. The first kappa shape index (κ1) is 20.3. The van der Waals surface area contributed by atoms with Gasteiger partial charge in [0.25, 0.3) is 0 Å². The maximum Gasteiger partial charge on any atom is 0.231 e. The summed E-state index contributed by atoms with van der Waals surface area (Å²) in [5, 5.41) is 5.40. The van der Waals surface area contributed by atoms with E-state index in [0.29, 0.717) is 11.7 Å². The summed E-state index contributed by atoms with van der Waals surface area (Å²) in [4.78, 5) is 31.5. The summed E-state index contributed by atoms with van der Waals surface area (Å²) in [5.41, 5.74) is 5.23. The number of nitrogens with one attached hydrogen (secondary N) is 1.